The molecule has 0 aromatic heterocycles. The second-order valence-electron chi connectivity index (χ2n) is 5.00. The Morgan fingerprint density at radius 2 is 1.19 bits per heavy atom. The van der Waals surface area contributed by atoms with E-state index in [9.17, 15) is 0 Å². The molecule has 0 aromatic carbocycles. The quantitative estimate of drug-likeness (QED) is 0.274. The van der Waals surface area contributed by atoms with Crippen LogP contribution >= 0.6 is 22.6 Å². The van der Waals surface area contributed by atoms with Crippen LogP contribution in [-0.2, 0) is 0 Å². The second kappa shape index (κ2) is 10.2. The molecule has 0 saturated carbocycles. The van der Waals surface area contributed by atoms with E-state index < -0.39 is 18.4 Å². The van der Waals surface area contributed by atoms with Gasteiger partial charge in [-0.1, -0.05) is 0 Å². The summed E-state index contributed by atoms with van der Waals surface area (Å²) in [7, 11) is 0. The van der Waals surface area contributed by atoms with Crippen LogP contribution in [0.3, 0.4) is 0 Å². The molecule has 0 aliphatic carbocycles. The van der Waals surface area contributed by atoms with Crippen molar-refractivity contribution in [3.63, 3.8) is 0 Å². The van der Waals surface area contributed by atoms with Gasteiger partial charge in [0.1, 0.15) is 0 Å². The first-order valence-electron chi connectivity index (χ1n) is 6.97. The summed E-state index contributed by atoms with van der Waals surface area (Å²) < 4.78 is 6.30. The SMILES string of the molecule is C=[C](I)[Sn]([CH2]CCC)([CH2]CCC)[CH2]CCC. The zero-order valence-electron chi connectivity index (χ0n) is 11.4. The molecule has 0 unspecified atom stereocenters. The van der Waals surface area contributed by atoms with E-state index >= 15 is 0 Å². The Bertz CT molecular complexity index is 167. The monoisotopic (exact) mass is 444 g/mol. The van der Waals surface area contributed by atoms with Crippen LogP contribution in [-0.4, -0.2) is 18.4 Å². The molecule has 0 radical (unpaired) electrons. The molecule has 0 aliphatic heterocycles. The summed E-state index contributed by atoms with van der Waals surface area (Å²) >= 11 is 0.617. The van der Waals surface area contributed by atoms with Crippen LogP contribution in [0.15, 0.2) is 8.17 Å². The summed E-state index contributed by atoms with van der Waals surface area (Å²) in [6.45, 7) is 11.3. The first-order chi connectivity index (χ1) is 7.63. The predicted octanol–water partition coefficient (Wildman–Crippen LogP) is 6.32. The zero-order chi connectivity index (χ0) is 12.4. The molecule has 0 atom stereocenters. The molecular formula is C14H29ISn. The molecular weight excluding hydrogens is 414 g/mol. The molecule has 0 aromatic rings. The summed E-state index contributed by atoms with van der Waals surface area (Å²) in [6, 6.07) is 0. The van der Waals surface area contributed by atoms with Crippen molar-refractivity contribution >= 4 is 41.0 Å². The zero-order valence-corrected chi connectivity index (χ0v) is 16.5. The number of halogens is 1. The van der Waals surface area contributed by atoms with Gasteiger partial charge in [-0.2, -0.15) is 0 Å². The average molecular weight is 443 g/mol. The van der Waals surface area contributed by atoms with Gasteiger partial charge in [0.2, 0.25) is 0 Å². The molecule has 96 valence electrons. The molecule has 0 saturated heterocycles. The summed E-state index contributed by atoms with van der Waals surface area (Å²) in [5.41, 5.74) is 0. The Balaban J connectivity index is 4.52. The summed E-state index contributed by atoms with van der Waals surface area (Å²) in [5, 5.41) is 0. The van der Waals surface area contributed by atoms with Gasteiger partial charge in [-0.05, 0) is 0 Å². The Morgan fingerprint density at radius 3 is 1.38 bits per heavy atom. The molecule has 0 heterocycles. The van der Waals surface area contributed by atoms with E-state index in [2.05, 4.69) is 49.9 Å². The molecule has 0 spiro atoms. The fourth-order valence-electron chi connectivity index (χ4n) is 2.33. The maximum atomic E-state index is 4.37. The van der Waals surface area contributed by atoms with Crippen molar-refractivity contribution < 1.29 is 0 Å². The molecule has 0 rings (SSSR count). The molecule has 0 fully saturated rings. The van der Waals surface area contributed by atoms with Gasteiger partial charge in [-0.3, -0.25) is 0 Å². The Kier molecular flexibility index (Phi) is 11.0. The Labute approximate surface area is 121 Å². The fourth-order valence-corrected chi connectivity index (χ4v) is 21.0. The minimum atomic E-state index is -1.96. The van der Waals surface area contributed by atoms with E-state index in [4.69, 9.17) is 0 Å². The fraction of sp³-hybridized carbons (Fsp3) is 0.857. The second-order valence-corrected chi connectivity index (χ2v) is 22.5. The first-order valence-corrected chi connectivity index (χ1v) is 15.5. The average Bonchev–Trinajstić information content (AvgIpc) is 2.28. The summed E-state index contributed by atoms with van der Waals surface area (Å²) in [6.07, 6.45) is 8.44. The van der Waals surface area contributed by atoms with Crippen molar-refractivity contribution in [2.75, 3.05) is 0 Å². The van der Waals surface area contributed by atoms with Crippen molar-refractivity contribution in [1.29, 1.82) is 0 Å². The molecule has 2 heteroatoms. The van der Waals surface area contributed by atoms with Crippen molar-refractivity contribution in [3.05, 3.63) is 8.17 Å². The van der Waals surface area contributed by atoms with Crippen LogP contribution in [0.1, 0.15) is 59.3 Å². The van der Waals surface area contributed by atoms with Crippen molar-refractivity contribution in [3.8, 4) is 0 Å². The predicted molar refractivity (Wildman–Crippen MR) is 88.1 cm³/mol. The number of unbranched alkanes of at least 4 members (excludes halogenated alkanes) is 3. The normalized spacial score (nSPS) is 11.8. The van der Waals surface area contributed by atoms with Gasteiger partial charge in [-0.15, -0.1) is 0 Å². The molecule has 0 bridgehead atoms. The van der Waals surface area contributed by atoms with Gasteiger partial charge in [0.05, 0.1) is 0 Å². The van der Waals surface area contributed by atoms with Crippen molar-refractivity contribution in [2.45, 2.75) is 72.6 Å². The van der Waals surface area contributed by atoms with Crippen LogP contribution in [0, 0.1) is 0 Å². The standard InChI is InChI=1S/3C4H9.C2H2I.Sn/c3*1-3-4-2;1-2-3;/h3*1,3-4H2,2H3;1H2;. The van der Waals surface area contributed by atoms with E-state index in [1.54, 1.807) is 14.9 Å². The van der Waals surface area contributed by atoms with Gasteiger partial charge < -0.3 is 0 Å². The number of rotatable bonds is 10. The number of hydrogen-bond acceptors (Lipinski definition) is 0. The van der Waals surface area contributed by atoms with Crippen LogP contribution in [0.25, 0.3) is 0 Å². The van der Waals surface area contributed by atoms with E-state index in [0.717, 1.165) is 0 Å². The van der Waals surface area contributed by atoms with Crippen LogP contribution in [0.5, 0.6) is 0 Å². The molecule has 0 aliphatic rings. The summed E-state index contributed by atoms with van der Waals surface area (Å²) in [5.74, 6) is 0. The minimum absolute atomic E-state index is 1.36. The number of hydrogen-bond donors (Lipinski definition) is 0. The Morgan fingerprint density at radius 1 is 0.875 bits per heavy atom. The Hall–Kier alpha value is 1.27. The first kappa shape index (κ1) is 17.3. The van der Waals surface area contributed by atoms with Crippen molar-refractivity contribution in [1.82, 2.24) is 0 Å². The van der Waals surface area contributed by atoms with Gasteiger partial charge in [0, 0.05) is 0 Å². The van der Waals surface area contributed by atoms with Crippen molar-refractivity contribution in [2.24, 2.45) is 0 Å². The third-order valence-corrected chi connectivity index (χ3v) is 25.8. The van der Waals surface area contributed by atoms with E-state index in [1.807, 2.05) is 0 Å². The molecule has 0 amide bonds. The van der Waals surface area contributed by atoms with E-state index in [0.29, 0.717) is 0 Å². The van der Waals surface area contributed by atoms with Gasteiger partial charge in [0.25, 0.3) is 0 Å². The van der Waals surface area contributed by atoms with Crippen LogP contribution in [0.2, 0.25) is 13.3 Å². The van der Waals surface area contributed by atoms with E-state index in [-0.39, 0.29) is 0 Å². The van der Waals surface area contributed by atoms with Gasteiger partial charge in [-0.25, -0.2) is 0 Å². The van der Waals surface area contributed by atoms with Crippen LogP contribution < -0.4 is 0 Å². The molecule has 0 N–H and O–H groups in total. The molecule has 16 heavy (non-hydrogen) atoms. The molecule has 0 nitrogen and oxygen atoms in total. The maximum absolute atomic E-state index is 4.37. The van der Waals surface area contributed by atoms with E-state index in [1.165, 1.54) is 38.5 Å². The van der Waals surface area contributed by atoms with Gasteiger partial charge >= 0.3 is 122 Å². The van der Waals surface area contributed by atoms with Gasteiger partial charge in [0.15, 0.2) is 0 Å². The van der Waals surface area contributed by atoms with Crippen LogP contribution in [0.4, 0.5) is 0 Å². The topological polar surface area (TPSA) is 0 Å². The summed E-state index contributed by atoms with van der Waals surface area (Å²) in [4.78, 5) is 0. The third-order valence-electron chi connectivity index (χ3n) is 3.60. The third kappa shape index (κ3) is 6.27.